The van der Waals surface area contributed by atoms with Crippen LogP contribution in [0, 0.1) is 11.8 Å². The first kappa shape index (κ1) is 18.3. The van der Waals surface area contributed by atoms with Crippen molar-refractivity contribution in [3.05, 3.63) is 12.3 Å². The fourth-order valence-corrected chi connectivity index (χ4v) is 4.46. The van der Waals surface area contributed by atoms with Crippen LogP contribution < -0.4 is 0 Å². The summed E-state index contributed by atoms with van der Waals surface area (Å²) in [4.78, 5) is 11.9. The molecule has 0 amide bonds. The van der Waals surface area contributed by atoms with Gasteiger partial charge >= 0.3 is 5.97 Å². The third-order valence-corrected chi connectivity index (χ3v) is 6.32. The lowest BCUT2D eigenvalue weighted by Crippen LogP contribution is -2.20. The Morgan fingerprint density at radius 3 is 2.00 bits per heavy atom. The van der Waals surface area contributed by atoms with Gasteiger partial charge in [-0.1, -0.05) is 6.58 Å². The Bertz CT molecular complexity index is 473. The van der Waals surface area contributed by atoms with Crippen molar-refractivity contribution in [1.82, 2.24) is 0 Å². The van der Waals surface area contributed by atoms with Crippen molar-refractivity contribution in [2.24, 2.45) is 11.8 Å². The molecule has 4 aliphatic rings. The predicted octanol–water partition coefficient (Wildman–Crippen LogP) is 3.76. The van der Waals surface area contributed by atoms with Crippen molar-refractivity contribution < 1.29 is 23.7 Å². The van der Waals surface area contributed by atoms with Crippen LogP contribution in [0.4, 0.5) is 0 Å². The van der Waals surface area contributed by atoms with E-state index in [4.69, 9.17) is 18.9 Å². The van der Waals surface area contributed by atoms with Gasteiger partial charge in [0.2, 0.25) is 0 Å². The van der Waals surface area contributed by atoms with Crippen LogP contribution in [0.15, 0.2) is 12.3 Å². The van der Waals surface area contributed by atoms with Gasteiger partial charge in [0.15, 0.2) is 0 Å². The van der Waals surface area contributed by atoms with Crippen molar-refractivity contribution in [3.63, 3.8) is 0 Å². The Morgan fingerprint density at radius 1 is 0.808 bits per heavy atom. The van der Waals surface area contributed by atoms with Crippen LogP contribution in [-0.4, -0.2) is 43.6 Å². The van der Waals surface area contributed by atoms with Crippen LogP contribution in [0.1, 0.15) is 64.2 Å². The Labute approximate surface area is 156 Å². The van der Waals surface area contributed by atoms with Crippen LogP contribution in [-0.2, 0) is 23.7 Å². The molecule has 6 unspecified atom stereocenters. The molecular weight excluding hydrogens is 332 g/mol. The zero-order valence-electron chi connectivity index (χ0n) is 15.7. The third-order valence-electron chi connectivity index (χ3n) is 6.32. The molecule has 2 aliphatic carbocycles. The van der Waals surface area contributed by atoms with Crippen LogP contribution in [0.3, 0.4) is 0 Å². The number of carbonyl (C=O) groups excluding carboxylic acids is 1. The quantitative estimate of drug-likeness (QED) is 0.256. The maximum atomic E-state index is 11.9. The van der Waals surface area contributed by atoms with E-state index in [1.807, 2.05) is 0 Å². The third kappa shape index (κ3) is 5.23. The number of ether oxygens (including phenoxy) is 4. The van der Waals surface area contributed by atoms with Gasteiger partial charge in [-0.15, -0.1) is 0 Å². The number of hydrogen-bond acceptors (Lipinski definition) is 5. The highest BCUT2D eigenvalue weighted by Gasteiger charge is 2.44. The fraction of sp³-hybridized carbons (Fsp3) is 0.857. The van der Waals surface area contributed by atoms with Crippen molar-refractivity contribution >= 4 is 5.97 Å². The lowest BCUT2D eigenvalue weighted by molar-refractivity contribution is -0.145. The first-order chi connectivity index (χ1) is 12.7. The lowest BCUT2D eigenvalue weighted by atomic mass is 9.90. The second-order valence-corrected chi connectivity index (χ2v) is 8.52. The highest BCUT2D eigenvalue weighted by molar-refractivity contribution is 5.69. The minimum absolute atomic E-state index is 0.0726. The predicted molar refractivity (Wildman–Crippen MR) is 96.5 cm³/mol. The topological polar surface area (TPSA) is 60.6 Å². The standard InChI is InChI=1S/C21H32O5/c1-14(23-12-15-6-8-17-19(10-15)25-17)4-2-3-5-21(22)24-13-16-7-9-18-20(11-16)26-18/h15-20H,1-13H2. The van der Waals surface area contributed by atoms with E-state index < -0.39 is 0 Å². The van der Waals surface area contributed by atoms with E-state index >= 15 is 0 Å². The molecule has 26 heavy (non-hydrogen) atoms. The van der Waals surface area contributed by atoms with Crippen LogP contribution in [0.25, 0.3) is 0 Å². The second-order valence-electron chi connectivity index (χ2n) is 8.52. The maximum Gasteiger partial charge on any atom is 0.305 e. The number of hydrogen-bond donors (Lipinski definition) is 0. The molecule has 0 N–H and O–H groups in total. The molecule has 2 aliphatic heterocycles. The summed E-state index contributed by atoms with van der Waals surface area (Å²) < 4.78 is 22.3. The molecule has 2 saturated carbocycles. The molecule has 4 rings (SSSR count). The summed E-state index contributed by atoms with van der Waals surface area (Å²) in [5, 5.41) is 0. The number of fused-ring (bicyclic) bond motifs is 2. The van der Waals surface area contributed by atoms with Gasteiger partial charge < -0.3 is 18.9 Å². The molecule has 0 aromatic heterocycles. The molecule has 2 heterocycles. The normalized spacial score (nSPS) is 37.2. The van der Waals surface area contributed by atoms with Crippen LogP contribution in [0.5, 0.6) is 0 Å². The number of allylic oxidation sites excluding steroid dienone is 1. The molecule has 5 heteroatoms. The highest BCUT2D eigenvalue weighted by atomic mass is 16.6. The van der Waals surface area contributed by atoms with Crippen molar-refractivity contribution in [2.75, 3.05) is 13.2 Å². The van der Waals surface area contributed by atoms with E-state index in [1.165, 1.54) is 12.8 Å². The smallest absolute Gasteiger partial charge is 0.305 e. The molecule has 0 aromatic carbocycles. The summed E-state index contributed by atoms with van der Waals surface area (Å²) in [7, 11) is 0. The molecule has 0 spiro atoms. The maximum absolute atomic E-state index is 11.9. The van der Waals surface area contributed by atoms with Crippen LogP contribution in [0.2, 0.25) is 0 Å². The number of rotatable bonds is 10. The number of esters is 1. The lowest BCUT2D eigenvalue weighted by Gasteiger charge is -2.20. The summed E-state index contributed by atoms with van der Waals surface area (Å²) in [5.41, 5.74) is 0. The molecule has 146 valence electrons. The summed E-state index contributed by atoms with van der Waals surface area (Å²) in [6.45, 7) is 5.34. The average Bonchev–Trinajstić information content (AvgIpc) is 3.55. The zero-order valence-corrected chi connectivity index (χ0v) is 15.7. The molecule has 0 bridgehead atoms. The number of epoxide rings is 2. The Balaban J connectivity index is 0.992. The van der Waals surface area contributed by atoms with Gasteiger partial charge in [0.25, 0.3) is 0 Å². The summed E-state index contributed by atoms with van der Waals surface area (Å²) in [6, 6.07) is 0. The van der Waals surface area contributed by atoms with Gasteiger partial charge in [0.05, 0.1) is 43.4 Å². The molecular formula is C21H32O5. The van der Waals surface area contributed by atoms with Gasteiger partial charge in [0.1, 0.15) is 0 Å². The second kappa shape index (κ2) is 8.30. The SMILES string of the molecule is C=C(CCCCC(=O)OCC1CCC2OC2C1)OCC1CCC2OC2C1. The minimum Gasteiger partial charge on any atom is -0.498 e. The Hall–Kier alpha value is -1.07. The molecule has 5 nitrogen and oxygen atoms in total. The van der Waals surface area contributed by atoms with E-state index in [1.54, 1.807) is 0 Å². The monoisotopic (exact) mass is 364 g/mol. The molecule has 0 radical (unpaired) electrons. The number of unbranched alkanes of at least 4 members (excludes halogenated alkanes) is 1. The highest BCUT2D eigenvalue weighted by Crippen LogP contribution is 2.40. The molecule has 6 atom stereocenters. The van der Waals surface area contributed by atoms with Crippen molar-refractivity contribution in [2.45, 2.75) is 88.6 Å². The summed E-state index contributed by atoms with van der Waals surface area (Å²) >= 11 is 0. The van der Waals surface area contributed by atoms with E-state index in [-0.39, 0.29) is 5.97 Å². The van der Waals surface area contributed by atoms with E-state index in [0.29, 0.717) is 49.3 Å². The Morgan fingerprint density at radius 2 is 1.38 bits per heavy atom. The van der Waals surface area contributed by atoms with Crippen LogP contribution >= 0.6 is 0 Å². The van der Waals surface area contributed by atoms with Gasteiger partial charge in [-0.3, -0.25) is 4.79 Å². The zero-order chi connectivity index (χ0) is 17.9. The minimum atomic E-state index is -0.0726. The van der Waals surface area contributed by atoms with Gasteiger partial charge in [-0.05, 0) is 63.2 Å². The van der Waals surface area contributed by atoms with Gasteiger partial charge in [0, 0.05) is 12.8 Å². The molecule has 4 fully saturated rings. The summed E-state index contributed by atoms with van der Waals surface area (Å²) in [6.07, 6.45) is 11.9. The molecule has 2 saturated heterocycles. The first-order valence-electron chi connectivity index (χ1n) is 10.4. The first-order valence-corrected chi connectivity index (χ1v) is 10.4. The van der Waals surface area contributed by atoms with E-state index in [2.05, 4.69) is 6.58 Å². The van der Waals surface area contributed by atoms with E-state index in [0.717, 1.165) is 57.3 Å². The number of carbonyl (C=O) groups is 1. The fourth-order valence-electron chi connectivity index (χ4n) is 4.46. The van der Waals surface area contributed by atoms with E-state index in [9.17, 15) is 4.79 Å². The van der Waals surface area contributed by atoms with Crippen molar-refractivity contribution in [3.8, 4) is 0 Å². The average molecular weight is 364 g/mol. The van der Waals surface area contributed by atoms with Gasteiger partial charge in [-0.25, -0.2) is 0 Å². The van der Waals surface area contributed by atoms with Crippen molar-refractivity contribution in [1.29, 1.82) is 0 Å². The molecule has 0 aromatic rings. The largest absolute Gasteiger partial charge is 0.498 e. The Kier molecular flexibility index (Phi) is 5.84. The summed E-state index contributed by atoms with van der Waals surface area (Å²) in [5.74, 6) is 1.88. The van der Waals surface area contributed by atoms with Gasteiger partial charge in [-0.2, -0.15) is 0 Å².